The summed E-state index contributed by atoms with van der Waals surface area (Å²) in [5, 5.41) is 0. The van der Waals surface area contributed by atoms with Gasteiger partial charge in [-0.25, -0.2) is 15.0 Å². The molecule has 11 rings (SSSR count). The standard InChI is InChI=1S/C51H33N5O2/c1-2-12-34(13-3-1)35-22-24-36(25-23-35)49-52-50(37-26-30-39(31-27-37)55-41-14-4-8-18-45(41)57-46-19-9-5-15-42(46)55)54-51(53-49)38-28-32-40(33-29-38)56-43-16-6-10-20-47(43)58-48-21-11-7-17-44(48)56/h1-33H. The van der Waals surface area contributed by atoms with Crippen molar-refractivity contribution in [3.8, 4) is 68.3 Å². The second-order valence-electron chi connectivity index (χ2n) is 14.1. The van der Waals surface area contributed by atoms with Crippen molar-refractivity contribution in [1.29, 1.82) is 0 Å². The van der Waals surface area contributed by atoms with Gasteiger partial charge in [0, 0.05) is 28.1 Å². The molecule has 0 N–H and O–H groups in total. The van der Waals surface area contributed by atoms with E-state index in [1.807, 2.05) is 78.9 Å². The van der Waals surface area contributed by atoms with Gasteiger partial charge in [0.15, 0.2) is 40.5 Å². The summed E-state index contributed by atoms with van der Waals surface area (Å²) in [5.74, 6) is 5.00. The normalized spacial score (nSPS) is 12.3. The summed E-state index contributed by atoms with van der Waals surface area (Å²) in [6.45, 7) is 0. The number of rotatable bonds is 6. The van der Waals surface area contributed by atoms with E-state index in [1.54, 1.807) is 0 Å². The van der Waals surface area contributed by atoms with Gasteiger partial charge in [0.2, 0.25) is 0 Å². The zero-order valence-electron chi connectivity index (χ0n) is 31.1. The van der Waals surface area contributed by atoms with E-state index in [0.29, 0.717) is 17.5 Å². The fourth-order valence-electron chi connectivity index (χ4n) is 7.69. The van der Waals surface area contributed by atoms with Gasteiger partial charge >= 0.3 is 0 Å². The molecule has 0 saturated carbocycles. The monoisotopic (exact) mass is 747 g/mol. The smallest absolute Gasteiger partial charge is 0.164 e. The quantitative estimate of drug-likeness (QED) is 0.168. The fourth-order valence-corrected chi connectivity index (χ4v) is 7.69. The third-order valence-corrected chi connectivity index (χ3v) is 10.5. The van der Waals surface area contributed by atoms with Gasteiger partial charge in [-0.3, -0.25) is 0 Å². The van der Waals surface area contributed by atoms with E-state index in [9.17, 15) is 0 Å². The Bertz CT molecular complexity index is 2700. The Morgan fingerprint density at radius 2 is 0.534 bits per heavy atom. The molecule has 0 unspecified atom stereocenters. The highest BCUT2D eigenvalue weighted by Crippen LogP contribution is 2.51. The SMILES string of the molecule is c1ccc(-c2ccc(-c3nc(-c4ccc(N5c6ccccc6Oc6ccccc65)cc4)nc(-c4ccc(N5c6ccccc6Oc6ccccc65)cc4)n3)cc2)cc1. The molecule has 0 bridgehead atoms. The molecular weight excluding hydrogens is 715 g/mol. The Labute approximate surface area is 335 Å². The van der Waals surface area contributed by atoms with Crippen LogP contribution in [-0.4, -0.2) is 15.0 Å². The Balaban J connectivity index is 0.989. The summed E-state index contributed by atoms with van der Waals surface area (Å²) < 4.78 is 12.5. The first-order valence-electron chi connectivity index (χ1n) is 19.2. The molecule has 3 heterocycles. The number of ether oxygens (including phenoxy) is 2. The van der Waals surface area contributed by atoms with Gasteiger partial charge in [-0.2, -0.15) is 0 Å². The Kier molecular flexibility index (Phi) is 8.00. The molecule has 9 aromatic rings. The van der Waals surface area contributed by atoms with E-state index in [2.05, 4.69) is 131 Å². The molecule has 0 spiro atoms. The molecule has 1 aromatic heterocycles. The van der Waals surface area contributed by atoms with Crippen LogP contribution in [0.1, 0.15) is 0 Å². The molecule has 0 saturated heterocycles. The van der Waals surface area contributed by atoms with Crippen molar-refractivity contribution in [3.05, 3.63) is 200 Å². The number of anilines is 6. The Hall–Kier alpha value is -8.03. The van der Waals surface area contributed by atoms with Crippen LogP contribution in [0.15, 0.2) is 200 Å². The van der Waals surface area contributed by atoms with E-state index in [0.717, 1.165) is 84.9 Å². The molecule has 8 aromatic carbocycles. The van der Waals surface area contributed by atoms with Crippen LogP contribution in [0.4, 0.5) is 34.1 Å². The lowest BCUT2D eigenvalue weighted by Crippen LogP contribution is -2.15. The molecular formula is C51H33N5O2. The maximum Gasteiger partial charge on any atom is 0.164 e. The average molecular weight is 748 g/mol. The first kappa shape index (κ1) is 33.3. The highest BCUT2D eigenvalue weighted by Gasteiger charge is 2.27. The molecule has 0 aliphatic carbocycles. The second kappa shape index (κ2) is 13.9. The Morgan fingerprint density at radius 1 is 0.259 bits per heavy atom. The van der Waals surface area contributed by atoms with Crippen molar-refractivity contribution >= 4 is 34.1 Å². The van der Waals surface area contributed by atoms with Gasteiger partial charge in [0.1, 0.15) is 0 Å². The van der Waals surface area contributed by atoms with Crippen LogP contribution in [0, 0.1) is 0 Å². The molecule has 2 aliphatic heterocycles. The summed E-state index contributed by atoms with van der Waals surface area (Å²) in [7, 11) is 0. The fraction of sp³-hybridized carbons (Fsp3) is 0. The van der Waals surface area contributed by atoms with Crippen LogP contribution >= 0.6 is 0 Å². The Morgan fingerprint density at radius 3 is 0.897 bits per heavy atom. The maximum atomic E-state index is 6.26. The molecule has 0 atom stereocenters. The van der Waals surface area contributed by atoms with Crippen molar-refractivity contribution in [3.63, 3.8) is 0 Å². The number of aromatic nitrogens is 3. The maximum absolute atomic E-state index is 6.26. The van der Waals surface area contributed by atoms with Crippen molar-refractivity contribution < 1.29 is 9.47 Å². The van der Waals surface area contributed by atoms with Crippen LogP contribution in [0.3, 0.4) is 0 Å². The zero-order valence-corrected chi connectivity index (χ0v) is 31.1. The lowest BCUT2D eigenvalue weighted by Gasteiger charge is -2.32. The summed E-state index contributed by atoms with van der Waals surface area (Å²) in [5.41, 5.74) is 10.8. The van der Waals surface area contributed by atoms with Crippen molar-refractivity contribution in [1.82, 2.24) is 15.0 Å². The minimum atomic E-state index is 0.585. The molecule has 0 radical (unpaired) electrons. The molecule has 7 nitrogen and oxygen atoms in total. The van der Waals surface area contributed by atoms with Crippen LogP contribution in [0.5, 0.6) is 23.0 Å². The second-order valence-corrected chi connectivity index (χ2v) is 14.1. The van der Waals surface area contributed by atoms with Gasteiger partial charge in [-0.1, -0.05) is 103 Å². The minimum absolute atomic E-state index is 0.585. The van der Waals surface area contributed by atoms with E-state index < -0.39 is 0 Å². The lowest BCUT2D eigenvalue weighted by molar-refractivity contribution is 0.477. The van der Waals surface area contributed by atoms with Crippen molar-refractivity contribution in [2.75, 3.05) is 9.80 Å². The summed E-state index contributed by atoms with van der Waals surface area (Å²) in [6.07, 6.45) is 0. The molecule has 274 valence electrons. The first-order chi connectivity index (χ1) is 28.7. The number of fused-ring (bicyclic) bond motifs is 4. The largest absolute Gasteiger partial charge is 0.453 e. The third kappa shape index (κ3) is 5.90. The van der Waals surface area contributed by atoms with Gasteiger partial charge in [-0.15, -0.1) is 0 Å². The van der Waals surface area contributed by atoms with Crippen molar-refractivity contribution in [2.45, 2.75) is 0 Å². The highest BCUT2D eigenvalue weighted by molar-refractivity contribution is 5.88. The molecule has 7 heteroatoms. The molecule has 2 aliphatic rings. The number of para-hydroxylation sites is 8. The number of hydrogen-bond acceptors (Lipinski definition) is 7. The van der Waals surface area contributed by atoms with Gasteiger partial charge in [0.25, 0.3) is 0 Å². The predicted octanol–water partition coefficient (Wildman–Crippen LogP) is 13.7. The van der Waals surface area contributed by atoms with E-state index in [-0.39, 0.29) is 0 Å². The van der Waals surface area contributed by atoms with Crippen LogP contribution < -0.4 is 19.3 Å². The summed E-state index contributed by atoms with van der Waals surface area (Å²) in [6, 6.07) is 67.9. The number of benzene rings is 8. The van der Waals surface area contributed by atoms with Crippen LogP contribution in [0.2, 0.25) is 0 Å². The lowest BCUT2D eigenvalue weighted by atomic mass is 10.0. The molecule has 58 heavy (non-hydrogen) atoms. The molecule has 0 amide bonds. The number of nitrogens with zero attached hydrogens (tertiary/aromatic N) is 5. The average Bonchev–Trinajstić information content (AvgIpc) is 3.30. The van der Waals surface area contributed by atoms with Gasteiger partial charge in [0.05, 0.1) is 22.7 Å². The highest BCUT2D eigenvalue weighted by atomic mass is 16.5. The summed E-state index contributed by atoms with van der Waals surface area (Å²) in [4.78, 5) is 19.7. The van der Waals surface area contributed by atoms with E-state index in [1.165, 1.54) is 0 Å². The predicted molar refractivity (Wildman–Crippen MR) is 231 cm³/mol. The van der Waals surface area contributed by atoms with Gasteiger partial charge < -0.3 is 19.3 Å². The van der Waals surface area contributed by atoms with Crippen LogP contribution in [-0.2, 0) is 0 Å². The first-order valence-corrected chi connectivity index (χ1v) is 19.2. The topological polar surface area (TPSA) is 63.6 Å². The van der Waals surface area contributed by atoms with Gasteiger partial charge in [-0.05, 0) is 108 Å². The van der Waals surface area contributed by atoms with E-state index in [4.69, 9.17) is 24.4 Å². The molecule has 0 fully saturated rings. The van der Waals surface area contributed by atoms with E-state index >= 15 is 0 Å². The third-order valence-electron chi connectivity index (χ3n) is 10.5. The minimum Gasteiger partial charge on any atom is -0.453 e. The summed E-state index contributed by atoms with van der Waals surface area (Å²) >= 11 is 0. The van der Waals surface area contributed by atoms with Crippen molar-refractivity contribution in [2.24, 2.45) is 0 Å². The number of hydrogen-bond donors (Lipinski definition) is 0. The zero-order chi connectivity index (χ0) is 38.4. The van der Waals surface area contributed by atoms with Crippen LogP contribution in [0.25, 0.3) is 45.3 Å².